The third-order valence-electron chi connectivity index (χ3n) is 5.06. The van der Waals surface area contributed by atoms with Gasteiger partial charge in [-0.15, -0.1) is 19.7 Å². The molecule has 0 aliphatic carbocycles. The van der Waals surface area contributed by atoms with Crippen molar-refractivity contribution >= 4 is 8.07 Å². The molecule has 0 saturated heterocycles. The number of allylic oxidation sites excluding steroid dienone is 3. The highest BCUT2D eigenvalue weighted by Crippen LogP contribution is 2.35. The lowest BCUT2D eigenvalue weighted by atomic mass is 10.1. The van der Waals surface area contributed by atoms with Gasteiger partial charge in [0, 0.05) is 11.5 Å². The van der Waals surface area contributed by atoms with Crippen LogP contribution in [0.4, 0.5) is 0 Å². The van der Waals surface area contributed by atoms with Crippen molar-refractivity contribution in [2.45, 2.75) is 103 Å². The molecule has 0 heterocycles. The molecule has 0 atom stereocenters. The molecule has 0 aliphatic heterocycles. The van der Waals surface area contributed by atoms with E-state index in [1.54, 1.807) is 0 Å². The minimum absolute atomic E-state index is 0.653. The van der Waals surface area contributed by atoms with E-state index in [2.05, 4.69) is 50.5 Å². The third-order valence-corrected chi connectivity index (χ3v) is 10.5. The summed E-state index contributed by atoms with van der Waals surface area (Å²) in [5.41, 5.74) is 12.2. The van der Waals surface area contributed by atoms with E-state index >= 15 is 0 Å². The predicted molar refractivity (Wildman–Crippen MR) is 125 cm³/mol. The molecule has 0 saturated carbocycles. The molecule has 0 fully saturated rings. The van der Waals surface area contributed by atoms with Crippen LogP contribution in [0.1, 0.15) is 78.6 Å². The van der Waals surface area contributed by atoms with E-state index in [0.717, 1.165) is 6.42 Å². The van der Waals surface area contributed by atoms with Crippen LogP contribution in [0, 0.1) is 0 Å². The van der Waals surface area contributed by atoms with Gasteiger partial charge in [-0.05, 0) is 50.9 Å². The van der Waals surface area contributed by atoms with Crippen molar-refractivity contribution in [3.8, 4) is 0 Å². The minimum Gasteiger partial charge on any atom is -0.100 e. The molecule has 4 heteroatoms. The number of rotatable bonds is 18. The Morgan fingerprint density at radius 2 is 1.07 bits per heavy atom. The monoisotopic (exact) mass is 389 g/mol. The van der Waals surface area contributed by atoms with Gasteiger partial charge in [-0.3, -0.25) is 0 Å². The molecule has 0 aliphatic rings. The van der Waals surface area contributed by atoms with Crippen molar-refractivity contribution in [3.63, 3.8) is 0 Å². The van der Waals surface area contributed by atoms with E-state index in [9.17, 15) is 0 Å². The highest BCUT2D eigenvalue weighted by atomic mass is 28.3. The maximum absolute atomic E-state index is 8.24. The summed E-state index contributed by atoms with van der Waals surface area (Å²) < 4.78 is 0. The van der Waals surface area contributed by atoms with Crippen molar-refractivity contribution in [2.24, 2.45) is 5.11 Å². The second-order valence-electron chi connectivity index (χ2n) is 8.79. The highest BCUT2D eigenvalue weighted by molar-refractivity contribution is 6.81. The Labute approximate surface area is 169 Å². The quantitative estimate of drug-likeness (QED) is 0.0560. The molecular weight excluding hydrogens is 346 g/mol. The van der Waals surface area contributed by atoms with Crippen molar-refractivity contribution in [1.29, 1.82) is 0 Å². The predicted octanol–water partition coefficient (Wildman–Crippen LogP) is 8.98. The largest absolute Gasteiger partial charge is 0.100 e. The van der Waals surface area contributed by atoms with E-state index in [1.807, 2.05) is 0 Å². The summed E-state index contributed by atoms with van der Waals surface area (Å²) in [5, 5.41) is 3.58. The molecule has 0 spiro atoms. The summed E-state index contributed by atoms with van der Waals surface area (Å²) in [6, 6.07) is 5.06. The van der Waals surface area contributed by atoms with Crippen LogP contribution >= 0.6 is 0 Å². The molecule has 0 radical (unpaired) electrons. The summed E-state index contributed by atoms with van der Waals surface area (Å²) in [6.45, 7) is 19.9. The van der Waals surface area contributed by atoms with Crippen LogP contribution in [-0.2, 0) is 0 Å². The van der Waals surface area contributed by atoms with Gasteiger partial charge < -0.3 is 0 Å². The van der Waals surface area contributed by atoms with Gasteiger partial charge in [0.25, 0.3) is 0 Å². The van der Waals surface area contributed by atoms with E-state index in [-0.39, 0.29) is 0 Å². The lowest BCUT2D eigenvalue weighted by Gasteiger charge is -2.33. The standard InChI is InChI=1S/C23H43N3Si/c1-21(2)18-27(19-22(3)4,20-23(5)6)17-15-13-11-9-7-8-10-12-14-16-25-26-24/h1,3,5,7-20H2,2,4,6H3. The summed E-state index contributed by atoms with van der Waals surface area (Å²) in [6.07, 6.45) is 11.6. The molecule has 0 aromatic rings. The van der Waals surface area contributed by atoms with E-state index in [1.165, 1.54) is 92.3 Å². The molecule has 0 unspecified atom stereocenters. The van der Waals surface area contributed by atoms with Gasteiger partial charge in [0.1, 0.15) is 0 Å². The molecular formula is C23H43N3Si. The van der Waals surface area contributed by atoms with Crippen LogP contribution in [0.15, 0.2) is 41.6 Å². The summed E-state index contributed by atoms with van der Waals surface area (Å²) in [4.78, 5) is 2.79. The maximum atomic E-state index is 8.24. The smallest absolute Gasteiger partial charge is 0.0656 e. The third kappa shape index (κ3) is 15.5. The van der Waals surface area contributed by atoms with Gasteiger partial charge in [0.2, 0.25) is 0 Å². The van der Waals surface area contributed by atoms with Gasteiger partial charge in [0.05, 0.1) is 8.07 Å². The molecule has 0 rings (SSSR count). The number of unbranched alkanes of at least 4 members (excludes halogenated alkanes) is 8. The van der Waals surface area contributed by atoms with Crippen LogP contribution in [0.25, 0.3) is 10.4 Å². The Kier molecular flexibility index (Phi) is 15.0. The van der Waals surface area contributed by atoms with E-state index < -0.39 is 8.07 Å². The summed E-state index contributed by atoms with van der Waals surface area (Å²) in [7, 11) is -1.41. The van der Waals surface area contributed by atoms with Gasteiger partial charge in [-0.2, -0.15) is 0 Å². The molecule has 0 amide bonds. The molecule has 3 nitrogen and oxygen atoms in total. The average Bonchev–Trinajstić information content (AvgIpc) is 2.53. The lowest BCUT2D eigenvalue weighted by Crippen LogP contribution is -2.34. The van der Waals surface area contributed by atoms with Crippen LogP contribution in [0.5, 0.6) is 0 Å². The molecule has 0 bridgehead atoms. The Hall–Kier alpha value is -1.25. The Bertz CT molecular complexity index is 463. The first-order valence-electron chi connectivity index (χ1n) is 10.8. The number of azide groups is 1. The van der Waals surface area contributed by atoms with Gasteiger partial charge in [-0.1, -0.05) is 79.2 Å². The van der Waals surface area contributed by atoms with E-state index in [4.69, 9.17) is 5.53 Å². The van der Waals surface area contributed by atoms with Crippen molar-refractivity contribution < 1.29 is 0 Å². The zero-order chi connectivity index (χ0) is 20.5. The molecule has 27 heavy (non-hydrogen) atoms. The van der Waals surface area contributed by atoms with Crippen LogP contribution in [-0.4, -0.2) is 14.6 Å². The minimum atomic E-state index is -1.41. The van der Waals surface area contributed by atoms with Gasteiger partial charge in [0.15, 0.2) is 0 Å². The number of hydrogen-bond acceptors (Lipinski definition) is 1. The lowest BCUT2D eigenvalue weighted by molar-refractivity contribution is 0.566. The maximum Gasteiger partial charge on any atom is 0.0656 e. The van der Waals surface area contributed by atoms with Gasteiger partial charge in [-0.25, -0.2) is 0 Å². The average molecular weight is 390 g/mol. The van der Waals surface area contributed by atoms with Crippen LogP contribution < -0.4 is 0 Å². The first-order valence-corrected chi connectivity index (χ1v) is 13.6. The van der Waals surface area contributed by atoms with Crippen molar-refractivity contribution in [1.82, 2.24) is 0 Å². The fourth-order valence-corrected chi connectivity index (χ4v) is 10.1. The SMILES string of the molecule is C=C(C)C[Si](CCCCCCCCCCCN=[N+]=[N-])(CC(=C)C)CC(=C)C. The number of nitrogens with zero attached hydrogens (tertiary/aromatic N) is 3. The fraction of sp³-hybridized carbons (Fsp3) is 0.739. The van der Waals surface area contributed by atoms with Gasteiger partial charge >= 0.3 is 0 Å². The zero-order valence-electron chi connectivity index (χ0n) is 18.4. The second kappa shape index (κ2) is 15.8. The Morgan fingerprint density at radius 1 is 0.704 bits per heavy atom. The Morgan fingerprint density at radius 3 is 1.44 bits per heavy atom. The molecule has 0 aromatic heterocycles. The van der Waals surface area contributed by atoms with Crippen LogP contribution in [0.2, 0.25) is 24.2 Å². The van der Waals surface area contributed by atoms with Crippen molar-refractivity contribution in [2.75, 3.05) is 6.54 Å². The number of hydrogen-bond donors (Lipinski definition) is 0. The molecule has 0 aromatic carbocycles. The summed E-state index contributed by atoms with van der Waals surface area (Å²) >= 11 is 0. The summed E-state index contributed by atoms with van der Waals surface area (Å²) in [5.74, 6) is 0. The van der Waals surface area contributed by atoms with Crippen LogP contribution in [0.3, 0.4) is 0 Å². The fourth-order valence-electron chi connectivity index (χ4n) is 4.34. The van der Waals surface area contributed by atoms with Crippen molar-refractivity contribution in [3.05, 3.63) is 46.9 Å². The first kappa shape index (κ1) is 25.7. The Balaban J connectivity index is 4.11. The second-order valence-corrected chi connectivity index (χ2v) is 13.3. The molecule has 0 N–H and O–H groups in total. The van der Waals surface area contributed by atoms with E-state index in [0.29, 0.717) is 6.54 Å². The zero-order valence-corrected chi connectivity index (χ0v) is 19.4. The first-order chi connectivity index (χ1) is 12.8. The normalized spacial score (nSPS) is 11.1. The topological polar surface area (TPSA) is 48.8 Å². The molecule has 154 valence electrons. The highest BCUT2D eigenvalue weighted by Gasteiger charge is 2.32.